The number of methoxy groups -OCH3 is 1. The number of hydrogen-bond acceptors (Lipinski definition) is 6. The molecule has 1 aromatic heterocycles. The number of benzene rings is 2. The summed E-state index contributed by atoms with van der Waals surface area (Å²) in [5.41, 5.74) is 6.45. The number of rotatable bonds is 5. The Morgan fingerprint density at radius 2 is 1.80 bits per heavy atom. The number of nitrogens with two attached hydrogens (primary N) is 1. The number of halogens is 2. The summed E-state index contributed by atoms with van der Waals surface area (Å²) in [6.07, 6.45) is 1.29. The van der Waals surface area contributed by atoms with Crippen LogP contribution < -0.4 is 20.5 Å². The quantitative estimate of drug-likeness (QED) is 0.650. The standard InChI is InChI=1S/C17H14BrFN4O2/c1-24-11-3-5-12(6-4-11)25-17-15(20)16(21-9-22-17)23-14-7-2-10(18)8-13(14)19/h2-9H,20H2,1H3,(H,21,22,23). The third kappa shape index (κ3) is 3.97. The highest BCUT2D eigenvalue weighted by atomic mass is 79.9. The van der Waals surface area contributed by atoms with E-state index in [0.29, 0.717) is 16.0 Å². The molecule has 3 N–H and O–H groups in total. The van der Waals surface area contributed by atoms with Crippen LogP contribution in [0.2, 0.25) is 0 Å². The molecule has 3 rings (SSSR count). The fourth-order valence-corrected chi connectivity index (χ4v) is 2.37. The first-order chi connectivity index (χ1) is 12.1. The van der Waals surface area contributed by atoms with Gasteiger partial charge in [-0.05, 0) is 42.5 Å². The average molecular weight is 405 g/mol. The van der Waals surface area contributed by atoms with Crippen molar-refractivity contribution < 1.29 is 13.9 Å². The number of nitrogens with zero attached hydrogens (tertiary/aromatic N) is 2. The second-order valence-corrected chi connectivity index (χ2v) is 5.88. The lowest BCUT2D eigenvalue weighted by Gasteiger charge is -2.12. The average Bonchev–Trinajstić information content (AvgIpc) is 2.61. The van der Waals surface area contributed by atoms with Gasteiger partial charge in [0.25, 0.3) is 0 Å². The van der Waals surface area contributed by atoms with Gasteiger partial charge in [0.1, 0.15) is 29.3 Å². The first kappa shape index (κ1) is 17.0. The maximum atomic E-state index is 14.0. The van der Waals surface area contributed by atoms with E-state index in [1.165, 1.54) is 12.4 Å². The second kappa shape index (κ2) is 7.35. The summed E-state index contributed by atoms with van der Waals surface area (Å²) in [7, 11) is 1.58. The first-order valence-electron chi connectivity index (χ1n) is 7.21. The van der Waals surface area contributed by atoms with Crippen molar-refractivity contribution in [1.82, 2.24) is 9.97 Å². The maximum Gasteiger partial charge on any atom is 0.248 e. The molecule has 0 atom stereocenters. The Morgan fingerprint density at radius 1 is 1.08 bits per heavy atom. The SMILES string of the molecule is COc1ccc(Oc2ncnc(Nc3ccc(Br)cc3F)c2N)cc1. The Morgan fingerprint density at radius 3 is 2.48 bits per heavy atom. The summed E-state index contributed by atoms with van der Waals surface area (Å²) in [5.74, 6) is 1.22. The molecule has 0 aliphatic carbocycles. The minimum Gasteiger partial charge on any atom is -0.497 e. The first-order valence-corrected chi connectivity index (χ1v) is 8.00. The van der Waals surface area contributed by atoms with E-state index in [0.717, 1.165) is 0 Å². The fraction of sp³-hybridized carbons (Fsp3) is 0.0588. The summed E-state index contributed by atoms with van der Waals surface area (Å²) >= 11 is 3.21. The lowest BCUT2D eigenvalue weighted by Crippen LogP contribution is -2.04. The number of nitrogens with one attached hydrogen (secondary N) is 1. The van der Waals surface area contributed by atoms with Gasteiger partial charge >= 0.3 is 0 Å². The van der Waals surface area contributed by atoms with Gasteiger partial charge in [0, 0.05) is 4.47 Å². The molecular weight excluding hydrogens is 391 g/mol. The van der Waals surface area contributed by atoms with Crippen LogP contribution in [0.3, 0.4) is 0 Å². The van der Waals surface area contributed by atoms with E-state index in [1.807, 2.05) is 0 Å². The third-order valence-electron chi connectivity index (χ3n) is 3.31. The highest BCUT2D eigenvalue weighted by Crippen LogP contribution is 2.32. The molecule has 0 aliphatic rings. The summed E-state index contributed by atoms with van der Waals surface area (Å²) < 4.78 is 25.4. The number of anilines is 3. The number of nitrogen functional groups attached to an aromatic ring is 1. The van der Waals surface area contributed by atoms with Gasteiger partial charge in [0.05, 0.1) is 12.8 Å². The Hall–Kier alpha value is -2.87. The highest BCUT2D eigenvalue weighted by molar-refractivity contribution is 9.10. The number of ether oxygens (including phenoxy) is 2. The molecule has 0 radical (unpaired) electrons. The Bertz CT molecular complexity index is 890. The zero-order chi connectivity index (χ0) is 17.8. The fourth-order valence-electron chi connectivity index (χ4n) is 2.03. The van der Waals surface area contributed by atoms with E-state index < -0.39 is 5.82 Å². The van der Waals surface area contributed by atoms with Crippen LogP contribution in [0.25, 0.3) is 0 Å². The monoisotopic (exact) mass is 404 g/mol. The van der Waals surface area contributed by atoms with Crippen molar-refractivity contribution in [2.75, 3.05) is 18.2 Å². The molecule has 3 aromatic rings. The molecular formula is C17H14BrFN4O2. The van der Waals surface area contributed by atoms with Crippen molar-refractivity contribution in [1.29, 1.82) is 0 Å². The lowest BCUT2D eigenvalue weighted by molar-refractivity contribution is 0.412. The van der Waals surface area contributed by atoms with E-state index in [4.69, 9.17) is 15.2 Å². The van der Waals surface area contributed by atoms with Crippen LogP contribution in [-0.2, 0) is 0 Å². The van der Waals surface area contributed by atoms with Crippen molar-refractivity contribution in [2.24, 2.45) is 0 Å². The molecule has 0 aliphatic heterocycles. The predicted molar refractivity (Wildman–Crippen MR) is 96.9 cm³/mol. The Kier molecular flexibility index (Phi) is 4.99. The van der Waals surface area contributed by atoms with E-state index in [9.17, 15) is 4.39 Å². The van der Waals surface area contributed by atoms with E-state index in [-0.39, 0.29) is 23.1 Å². The van der Waals surface area contributed by atoms with Crippen molar-refractivity contribution in [3.05, 3.63) is 59.1 Å². The van der Waals surface area contributed by atoms with Gasteiger partial charge in [0.15, 0.2) is 5.82 Å². The molecule has 0 saturated carbocycles. The molecule has 0 amide bonds. The molecule has 0 saturated heterocycles. The largest absolute Gasteiger partial charge is 0.497 e. The van der Waals surface area contributed by atoms with Gasteiger partial charge in [-0.2, -0.15) is 4.98 Å². The predicted octanol–water partition coefficient (Wildman–Crippen LogP) is 4.50. The molecule has 0 bridgehead atoms. The second-order valence-electron chi connectivity index (χ2n) is 4.97. The maximum absolute atomic E-state index is 14.0. The minimum atomic E-state index is -0.440. The molecule has 25 heavy (non-hydrogen) atoms. The van der Waals surface area contributed by atoms with E-state index >= 15 is 0 Å². The van der Waals surface area contributed by atoms with Gasteiger partial charge in [-0.1, -0.05) is 15.9 Å². The zero-order valence-corrected chi connectivity index (χ0v) is 14.7. The number of hydrogen-bond donors (Lipinski definition) is 2. The van der Waals surface area contributed by atoms with Crippen LogP contribution in [-0.4, -0.2) is 17.1 Å². The molecule has 0 unspecified atom stereocenters. The van der Waals surface area contributed by atoms with Crippen LogP contribution in [0, 0.1) is 5.82 Å². The van der Waals surface area contributed by atoms with Gasteiger partial charge in [-0.25, -0.2) is 9.37 Å². The van der Waals surface area contributed by atoms with Gasteiger partial charge in [-0.3, -0.25) is 0 Å². The lowest BCUT2D eigenvalue weighted by atomic mass is 10.3. The van der Waals surface area contributed by atoms with E-state index in [2.05, 4.69) is 31.2 Å². The third-order valence-corrected chi connectivity index (χ3v) is 3.80. The molecule has 1 heterocycles. The Labute approximate surface area is 151 Å². The van der Waals surface area contributed by atoms with Crippen molar-refractivity contribution in [3.8, 4) is 17.4 Å². The van der Waals surface area contributed by atoms with Crippen molar-refractivity contribution in [3.63, 3.8) is 0 Å². The molecule has 0 fully saturated rings. The number of aromatic nitrogens is 2. The topological polar surface area (TPSA) is 82.3 Å². The van der Waals surface area contributed by atoms with Gasteiger partial charge < -0.3 is 20.5 Å². The summed E-state index contributed by atoms with van der Waals surface area (Å²) in [5, 5.41) is 2.84. The molecule has 0 spiro atoms. The van der Waals surface area contributed by atoms with Crippen molar-refractivity contribution in [2.45, 2.75) is 0 Å². The summed E-state index contributed by atoms with van der Waals surface area (Å²) in [6.45, 7) is 0. The van der Waals surface area contributed by atoms with E-state index in [1.54, 1.807) is 43.5 Å². The Balaban J connectivity index is 1.83. The van der Waals surface area contributed by atoms with Gasteiger partial charge in [0.2, 0.25) is 5.88 Å². The minimum absolute atomic E-state index is 0.167. The molecule has 2 aromatic carbocycles. The van der Waals surface area contributed by atoms with Gasteiger partial charge in [-0.15, -0.1) is 0 Å². The normalized spacial score (nSPS) is 10.4. The van der Waals surface area contributed by atoms with Crippen LogP contribution in [0.4, 0.5) is 21.6 Å². The summed E-state index contributed by atoms with van der Waals surface area (Å²) in [4.78, 5) is 8.07. The zero-order valence-electron chi connectivity index (χ0n) is 13.2. The smallest absolute Gasteiger partial charge is 0.248 e. The molecule has 8 heteroatoms. The molecule has 128 valence electrons. The van der Waals surface area contributed by atoms with Crippen LogP contribution in [0.5, 0.6) is 17.4 Å². The van der Waals surface area contributed by atoms with Crippen LogP contribution >= 0.6 is 15.9 Å². The van der Waals surface area contributed by atoms with Crippen LogP contribution in [0.1, 0.15) is 0 Å². The van der Waals surface area contributed by atoms with Crippen LogP contribution in [0.15, 0.2) is 53.3 Å². The van der Waals surface area contributed by atoms with Crippen molar-refractivity contribution >= 4 is 33.1 Å². The summed E-state index contributed by atoms with van der Waals surface area (Å²) in [6, 6.07) is 11.6. The highest BCUT2D eigenvalue weighted by Gasteiger charge is 2.12. The molecule has 6 nitrogen and oxygen atoms in total.